The Kier molecular flexibility index (Phi) is 9.07. The molecule has 6 rings (SSSR count). The molecule has 2 aromatic heterocycles. The number of hydrogen-bond donors (Lipinski definition) is 1. The van der Waals surface area contributed by atoms with Gasteiger partial charge < -0.3 is 20.3 Å². The second-order valence-electron chi connectivity index (χ2n) is 11.5. The lowest BCUT2D eigenvalue weighted by atomic mass is 9.86. The number of ether oxygens (including phenoxy) is 1. The first-order valence-corrected chi connectivity index (χ1v) is 14.8. The van der Waals surface area contributed by atoms with Gasteiger partial charge in [0.25, 0.3) is 0 Å². The van der Waals surface area contributed by atoms with Crippen LogP contribution >= 0.6 is 12.4 Å². The lowest BCUT2D eigenvalue weighted by molar-refractivity contribution is -0.122. The van der Waals surface area contributed by atoms with Crippen LogP contribution in [0.15, 0.2) is 54.6 Å². The van der Waals surface area contributed by atoms with Crippen LogP contribution in [0.25, 0.3) is 16.7 Å². The minimum atomic E-state index is -0.279. The molecule has 2 amide bonds. The number of amides is 2. The Morgan fingerprint density at radius 2 is 1.67 bits per heavy atom. The van der Waals surface area contributed by atoms with E-state index >= 15 is 0 Å². The topological polar surface area (TPSA) is 117 Å². The maximum atomic E-state index is 12.7. The van der Waals surface area contributed by atoms with Crippen molar-refractivity contribution in [3.8, 4) is 6.07 Å². The Hall–Kier alpha value is -4.29. The first kappa shape index (κ1) is 30.2. The van der Waals surface area contributed by atoms with Gasteiger partial charge in [0, 0.05) is 32.1 Å². The summed E-state index contributed by atoms with van der Waals surface area (Å²) < 4.78 is 7.69. The van der Waals surface area contributed by atoms with Crippen molar-refractivity contribution in [1.82, 2.24) is 14.3 Å². The van der Waals surface area contributed by atoms with Gasteiger partial charge in [-0.15, -0.1) is 12.4 Å². The summed E-state index contributed by atoms with van der Waals surface area (Å²) in [5, 5.41) is 10.4. The number of fused-ring (bicyclic) bond motifs is 3. The number of primary amides is 1. The third-order valence-electron chi connectivity index (χ3n) is 8.97. The highest BCUT2D eigenvalue weighted by molar-refractivity contribution is 5.86. The van der Waals surface area contributed by atoms with Gasteiger partial charge in [-0.25, -0.2) is 9.78 Å². The van der Waals surface area contributed by atoms with Crippen molar-refractivity contribution in [3.63, 3.8) is 0 Å². The number of carbonyl (C=O) groups excluding carboxylic acids is 2. The maximum Gasteiger partial charge on any atom is 0.410 e. The van der Waals surface area contributed by atoms with E-state index in [1.54, 1.807) is 4.90 Å². The molecule has 9 nitrogen and oxygen atoms in total. The summed E-state index contributed by atoms with van der Waals surface area (Å²) in [5.41, 5.74) is 11.8. The number of nitriles is 1. The molecule has 0 radical (unpaired) electrons. The SMILES string of the molecule is Cc1c(CC2CCN(C(=O)OCc3ccccc3)CC2)c(C#N)c2nc3ccccc3n2c1N1CCC(C(N)=O)CC1.Cl. The highest BCUT2D eigenvalue weighted by Crippen LogP contribution is 2.37. The number of likely N-dealkylation sites (tertiary alicyclic amines) is 1. The number of anilines is 1. The monoisotopic (exact) mass is 600 g/mol. The van der Waals surface area contributed by atoms with Crippen molar-refractivity contribution in [2.45, 2.75) is 45.6 Å². The summed E-state index contributed by atoms with van der Waals surface area (Å²) in [6, 6.07) is 20.2. The molecule has 0 unspecified atom stereocenters. The Balaban J connectivity index is 0.00000368. The van der Waals surface area contributed by atoms with Crippen LogP contribution in [-0.2, 0) is 22.6 Å². The quantitative estimate of drug-likeness (QED) is 0.317. The van der Waals surface area contributed by atoms with Crippen molar-refractivity contribution in [1.29, 1.82) is 5.26 Å². The van der Waals surface area contributed by atoms with E-state index in [0.717, 1.165) is 52.8 Å². The van der Waals surface area contributed by atoms with Crippen LogP contribution in [0.3, 0.4) is 0 Å². The summed E-state index contributed by atoms with van der Waals surface area (Å²) in [6.07, 6.45) is 3.55. The highest BCUT2D eigenvalue weighted by atomic mass is 35.5. The number of imidazole rings is 1. The first-order valence-electron chi connectivity index (χ1n) is 14.8. The van der Waals surface area contributed by atoms with Gasteiger partial charge in [-0.2, -0.15) is 5.26 Å². The molecule has 0 saturated carbocycles. The molecule has 0 atom stereocenters. The minimum absolute atomic E-state index is 0. The molecule has 2 fully saturated rings. The molecule has 10 heteroatoms. The van der Waals surface area contributed by atoms with Crippen molar-refractivity contribution in [2.75, 3.05) is 31.1 Å². The molecule has 2 N–H and O–H groups in total. The largest absolute Gasteiger partial charge is 0.445 e. The van der Waals surface area contributed by atoms with E-state index in [0.29, 0.717) is 56.1 Å². The first-order chi connectivity index (χ1) is 20.4. The molecule has 0 bridgehead atoms. The van der Waals surface area contributed by atoms with Gasteiger partial charge in [0.1, 0.15) is 18.5 Å². The predicted octanol–water partition coefficient (Wildman–Crippen LogP) is 5.38. The van der Waals surface area contributed by atoms with Crippen molar-refractivity contribution >= 4 is 46.9 Å². The van der Waals surface area contributed by atoms with E-state index in [1.165, 1.54) is 0 Å². The van der Waals surface area contributed by atoms with Crippen molar-refractivity contribution in [3.05, 3.63) is 76.9 Å². The molecule has 2 aromatic carbocycles. The molecule has 0 spiro atoms. The third kappa shape index (κ3) is 5.98. The number of nitrogens with two attached hydrogens (primary N) is 1. The number of aromatic nitrogens is 2. The van der Waals surface area contributed by atoms with Crippen LogP contribution in [0.1, 0.15) is 47.9 Å². The smallest absolute Gasteiger partial charge is 0.410 e. The van der Waals surface area contributed by atoms with E-state index in [1.807, 2.05) is 54.6 Å². The van der Waals surface area contributed by atoms with Gasteiger partial charge in [0.05, 0.1) is 16.6 Å². The van der Waals surface area contributed by atoms with Gasteiger partial charge in [0.15, 0.2) is 5.65 Å². The van der Waals surface area contributed by atoms with E-state index in [9.17, 15) is 14.9 Å². The van der Waals surface area contributed by atoms with E-state index < -0.39 is 0 Å². The van der Waals surface area contributed by atoms with Crippen LogP contribution in [0.4, 0.5) is 10.6 Å². The Bertz CT molecular complexity index is 1670. The number of halogens is 1. The Morgan fingerprint density at radius 1 is 1.00 bits per heavy atom. The highest BCUT2D eigenvalue weighted by Gasteiger charge is 2.31. The molecule has 43 heavy (non-hydrogen) atoms. The third-order valence-corrected chi connectivity index (χ3v) is 8.97. The molecule has 224 valence electrons. The molecule has 4 heterocycles. The number of pyridine rings is 1. The fourth-order valence-corrected chi connectivity index (χ4v) is 6.58. The Morgan fingerprint density at radius 3 is 2.35 bits per heavy atom. The zero-order valence-electron chi connectivity index (χ0n) is 24.4. The zero-order chi connectivity index (χ0) is 29.2. The van der Waals surface area contributed by atoms with Gasteiger partial charge in [-0.05, 0) is 73.8 Å². The van der Waals surface area contributed by atoms with Crippen molar-refractivity contribution < 1.29 is 14.3 Å². The maximum absolute atomic E-state index is 12.7. The predicted molar refractivity (Wildman–Crippen MR) is 168 cm³/mol. The second-order valence-corrected chi connectivity index (χ2v) is 11.5. The van der Waals surface area contributed by atoms with Crippen LogP contribution < -0.4 is 10.6 Å². The molecule has 0 aliphatic carbocycles. The number of carbonyl (C=O) groups is 2. The van der Waals surface area contributed by atoms with Crippen LogP contribution in [0.2, 0.25) is 0 Å². The number of nitrogens with zero attached hydrogens (tertiary/aromatic N) is 5. The second kappa shape index (κ2) is 12.9. The number of piperidine rings is 2. The van der Waals surface area contributed by atoms with Gasteiger partial charge in [0.2, 0.25) is 5.91 Å². The Labute approximate surface area is 257 Å². The summed E-state index contributed by atoms with van der Waals surface area (Å²) in [7, 11) is 0. The molecule has 2 aliphatic rings. The molecular weight excluding hydrogens is 564 g/mol. The van der Waals surface area contributed by atoms with Crippen LogP contribution in [0.5, 0.6) is 0 Å². The van der Waals surface area contributed by atoms with Crippen LogP contribution in [0, 0.1) is 30.1 Å². The zero-order valence-corrected chi connectivity index (χ0v) is 25.2. The fourth-order valence-electron chi connectivity index (χ4n) is 6.58. The number of rotatable bonds is 6. The number of para-hydroxylation sites is 2. The molecule has 2 saturated heterocycles. The average molecular weight is 601 g/mol. The fraction of sp³-hybridized carbons (Fsp3) is 0.394. The van der Waals surface area contributed by atoms with Crippen LogP contribution in [-0.4, -0.2) is 52.5 Å². The molecule has 4 aromatic rings. The molecular formula is C33H37ClN6O3. The summed E-state index contributed by atoms with van der Waals surface area (Å²) in [5.74, 6) is 1.02. The van der Waals surface area contributed by atoms with Gasteiger partial charge in [-0.1, -0.05) is 42.5 Å². The van der Waals surface area contributed by atoms with Gasteiger partial charge in [-0.3, -0.25) is 9.20 Å². The summed E-state index contributed by atoms with van der Waals surface area (Å²) in [6.45, 7) is 5.05. The van der Waals surface area contributed by atoms with E-state index in [-0.39, 0.29) is 36.9 Å². The minimum Gasteiger partial charge on any atom is -0.445 e. The molecule has 2 aliphatic heterocycles. The summed E-state index contributed by atoms with van der Waals surface area (Å²) in [4.78, 5) is 33.6. The average Bonchev–Trinajstić information content (AvgIpc) is 3.40. The normalized spacial score (nSPS) is 16.2. The number of benzene rings is 2. The lowest BCUT2D eigenvalue weighted by Crippen LogP contribution is -2.40. The standard InChI is InChI=1S/C33H36N6O3.ClH/c1-22-26(19-23-11-15-38(16-12-23)33(41)42-21-24-7-3-2-4-8-24)27(20-34)31-36-28-9-5-6-10-29(28)39(31)32(22)37-17-13-25(14-18-37)30(35)40;/h2-10,23,25H,11-19,21H2,1H3,(H2,35,40);1H. The number of hydrogen-bond acceptors (Lipinski definition) is 6. The summed E-state index contributed by atoms with van der Waals surface area (Å²) >= 11 is 0. The van der Waals surface area contributed by atoms with E-state index in [4.69, 9.17) is 15.5 Å². The van der Waals surface area contributed by atoms with Crippen molar-refractivity contribution in [2.24, 2.45) is 17.6 Å². The van der Waals surface area contributed by atoms with Gasteiger partial charge >= 0.3 is 6.09 Å². The van der Waals surface area contributed by atoms with E-state index in [2.05, 4.69) is 22.3 Å². The lowest BCUT2D eigenvalue weighted by Gasteiger charge is -2.35.